The van der Waals surface area contributed by atoms with E-state index in [9.17, 15) is 18.0 Å². The normalized spacial score (nSPS) is 20.2. The van der Waals surface area contributed by atoms with Crippen molar-refractivity contribution < 1.29 is 22.4 Å². The Balaban J connectivity index is 1.99. The number of furan rings is 1. The van der Waals surface area contributed by atoms with Gasteiger partial charge in [-0.3, -0.25) is 9.59 Å². The fourth-order valence-electron chi connectivity index (χ4n) is 2.59. The van der Waals surface area contributed by atoms with Gasteiger partial charge in [0.15, 0.2) is 9.84 Å². The van der Waals surface area contributed by atoms with E-state index in [4.69, 9.17) is 4.42 Å². The lowest BCUT2D eigenvalue weighted by Gasteiger charge is -2.31. The van der Waals surface area contributed by atoms with Crippen molar-refractivity contribution in [3.8, 4) is 0 Å². The fraction of sp³-hybridized carbons (Fsp3) is 0.600. The van der Waals surface area contributed by atoms with Gasteiger partial charge in [0.05, 0.1) is 24.3 Å². The highest BCUT2D eigenvalue weighted by atomic mass is 32.2. The number of carbonyl (C=O) groups is 2. The van der Waals surface area contributed by atoms with E-state index in [1.165, 1.54) is 25.0 Å². The molecule has 0 radical (unpaired) electrons. The number of amides is 2. The molecule has 1 atom stereocenters. The van der Waals surface area contributed by atoms with Gasteiger partial charge in [-0.05, 0) is 32.4 Å². The molecule has 1 aliphatic rings. The quantitative estimate of drug-likeness (QED) is 0.789. The second-order valence-corrected chi connectivity index (χ2v) is 8.59. The predicted octanol–water partition coefficient (Wildman–Crippen LogP) is 0.567. The predicted molar refractivity (Wildman–Crippen MR) is 84.2 cm³/mol. The first-order valence-corrected chi connectivity index (χ1v) is 9.24. The first kappa shape index (κ1) is 17.5. The minimum absolute atomic E-state index is 0.0423. The van der Waals surface area contributed by atoms with Gasteiger partial charge >= 0.3 is 0 Å². The second-order valence-electron chi connectivity index (χ2n) is 6.36. The van der Waals surface area contributed by atoms with Crippen molar-refractivity contribution in [3.05, 3.63) is 24.2 Å². The Bertz CT molecular complexity index is 679. The zero-order valence-electron chi connectivity index (χ0n) is 13.5. The molecule has 1 aliphatic heterocycles. The molecule has 1 N–H and O–H groups in total. The summed E-state index contributed by atoms with van der Waals surface area (Å²) in [5.41, 5.74) is -1.28. The highest BCUT2D eigenvalue weighted by molar-refractivity contribution is 7.91. The van der Waals surface area contributed by atoms with Crippen molar-refractivity contribution in [1.29, 1.82) is 0 Å². The monoisotopic (exact) mass is 342 g/mol. The Morgan fingerprint density at radius 1 is 1.43 bits per heavy atom. The lowest BCUT2D eigenvalue weighted by Crippen LogP contribution is -2.51. The number of nitrogens with one attached hydrogen (secondary N) is 1. The van der Waals surface area contributed by atoms with E-state index in [1.54, 1.807) is 19.2 Å². The van der Waals surface area contributed by atoms with E-state index in [2.05, 4.69) is 5.32 Å². The molecule has 2 heterocycles. The summed E-state index contributed by atoms with van der Waals surface area (Å²) >= 11 is 0. The molecule has 7 nitrogen and oxygen atoms in total. The molecule has 8 heteroatoms. The molecule has 1 aromatic heterocycles. The van der Waals surface area contributed by atoms with E-state index in [1.807, 2.05) is 0 Å². The maximum atomic E-state index is 12.6. The van der Waals surface area contributed by atoms with Crippen LogP contribution < -0.4 is 5.32 Å². The minimum atomic E-state index is -3.09. The van der Waals surface area contributed by atoms with Gasteiger partial charge in [-0.25, -0.2) is 8.42 Å². The summed E-state index contributed by atoms with van der Waals surface area (Å²) in [5.74, 6) is -0.181. The Morgan fingerprint density at radius 2 is 2.13 bits per heavy atom. The number of carbonyl (C=O) groups excluding carboxylic acids is 2. The van der Waals surface area contributed by atoms with Crippen LogP contribution in [-0.2, 0) is 26.0 Å². The lowest BCUT2D eigenvalue weighted by molar-refractivity contribution is -0.148. The molecule has 1 aromatic rings. The number of nitrogens with zero attached hydrogens (tertiary/aromatic N) is 1. The third-order valence-electron chi connectivity index (χ3n) is 4.18. The first-order valence-electron chi connectivity index (χ1n) is 7.42. The van der Waals surface area contributed by atoms with Crippen molar-refractivity contribution >= 4 is 21.7 Å². The standard InChI is InChI=1S/C15H22N2O5S/c1-15(2,13(18)16-9-12-5-4-7-22-12)14(19)17(3)11-6-8-23(20,21)10-11/h4-5,7,11H,6,8-10H2,1-3H3,(H,16,18). The summed E-state index contributed by atoms with van der Waals surface area (Å²) in [6.45, 7) is 3.27. The van der Waals surface area contributed by atoms with Gasteiger partial charge in [0.25, 0.3) is 0 Å². The molecule has 0 bridgehead atoms. The molecule has 0 aliphatic carbocycles. The average molecular weight is 342 g/mol. The molecule has 0 spiro atoms. The van der Waals surface area contributed by atoms with Crippen LogP contribution in [0.5, 0.6) is 0 Å². The van der Waals surface area contributed by atoms with Crippen LogP contribution in [0.2, 0.25) is 0 Å². The second kappa shape index (κ2) is 6.35. The molecule has 128 valence electrons. The summed E-state index contributed by atoms with van der Waals surface area (Å²) in [5, 5.41) is 2.67. The number of rotatable bonds is 5. The van der Waals surface area contributed by atoms with E-state index < -0.39 is 27.1 Å². The zero-order valence-corrected chi connectivity index (χ0v) is 14.4. The summed E-state index contributed by atoms with van der Waals surface area (Å²) in [4.78, 5) is 26.3. The van der Waals surface area contributed by atoms with Crippen LogP contribution in [0.1, 0.15) is 26.0 Å². The molecule has 1 unspecified atom stereocenters. The van der Waals surface area contributed by atoms with Crippen molar-refractivity contribution in [2.75, 3.05) is 18.6 Å². The van der Waals surface area contributed by atoms with Crippen molar-refractivity contribution in [3.63, 3.8) is 0 Å². The molecular formula is C15H22N2O5S. The molecule has 1 fully saturated rings. The number of hydrogen-bond acceptors (Lipinski definition) is 5. The van der Waals surface area contributed by atoms with Crippen LogP contribution in [0.25, 0.3) is 0 Å². The zero-order chi connectivity index (χ0) is 17.3. The van der Waals surface area contributed by atoms with Crippen LogP contribution in [0, 0.1) is 5.41 Å². The fourth-order valence-corrected chi connectivity index (χ4v) is 4.36. The summed E-state index contributed by atoms with van der Waals surface area (Å²) < 4.78 is 28.2. The largest absolute Gasteiger partial charge is 0.467 e. The molecule has 2 rings (SSSR count). The number of sulfone groups is 1. The maximum absolute atomic E-state index is 12.6. The Morgan fingerprint density at radius 3 is 2.65 bits per heavy atom. The molecule has 0 saturated carbocycles. The Kier molecular flexibility index (Phi) is 4.84. The summed E-state index contributed by atoms with van der Waals surface area (Å²) in [6, 6.07) is 3.07. The van der Waals surface area contributed by atoms with Gasteiger partial charge in [0.2, 0.25) is 11.8 Å². The van der Waals surface area contributed by atoms with Gasteiger partial charge < -0.3 is 14.6 Å². The number of hydrogen-bond donors (Lipinski definition) is 1. The third-order valence-corrected chi connectivity index (χ3v) is 5.93. The van der Waals surface area contributed by atoms with Gasteiger partial charge in [0, 0.05) is 13.1 Å². The minimum Gasteiger partial charge on any atom is -0.467 e. The molecule has 1 saturated heterocycles. The van der Waals surface area contributed by atoms with Crippen molar-refractivity contribution in [2.45, 2.75) is 32.9 Å². The van der Waals surface area contributed by atoms with Gasteiger partial charge in [-0.1, -0.05) is 0 Å². The van der Waals surface area contributed by atoms with Crippen LogP contribution in [-0.4, -0.2) is 49.7 Å². The Hall–Kier alpha value is -1.83. The van der Waals surface area contributed by atoms with Gasteiger partial charge in [-0.15, -0.1) is 0 Å². The van der Waals surface area contributed by atoms with Crippen LogP contribution in [0.3, 0.4) is 0 Å². The lowest BCUT2D eigenvalue weighted by atomic mass is 9.89. The molecular weight excluding hydrogens is 320 g/mol. The first-order chi connectivity index (χ1) is 10.6. The molecule has 23 heavy (non-hydrogen) atoms. The van der Waals surface area contributed by atoms with E-state index in [0.29, 0.717) is 12.2 Å². The highest BCUT2D eigenvalue weighted by Crippen LogP contribution is 2.24. The Labute approximate surface area is 135 Å². The van der Waals surface area contributed by atoms with Gasteiger partial charge in [-0.2, -0.15) is 0 Å². The smallest absolute Gasteiger partial charge is 0.237 e. The van der Waals surface area contributed by atoms with E-state index in [0.717, 1.165) is 0 Å². The van der Waals surface area contributed by atoms with E-state index in [-0.39, 0.29) is 24.1 Å². The van der Waals surface area contributed by atoms with Crippen LogP contribution >= 0.6 is 0 Å². The van der Waals surface area contributed by atoms with E-state index >= 15 is 0 Å². The SMILES string of the molecule is CN(C(=O)C(C)(C)C(=O)NCc1ccco1)C1CCS(=O)(=O)C1. The maximum Gasteiger partial charge on any atom is 0.237 e. The van der Waals surface area contributed by atoms with Crippen LogP contribution in [0.4, 0.5) is 0 Å². The summed E-state index contributed by atoms with van der Waals surface area (Å²) in [6.07, 6.45) is 1.92. The highest BCUT2D eigenvalue weighted by Gasteiger charge is 2.42. The van der Waals surface area contributed by atoms with Crippen molar-refractivity contribution in [2.24, 2.45) is 5.41 Å². The van der Waals surface area contributed by atoms with Crippen LogP contribution in [0.15, 0.2) is 22.8 Å². The average Bonchev–Trinajstić information content (AvgIpc) is 3.12. The third kappa shape index (κ3) is 3.93. The summed E-state index contributed by atoms with van der Waals surface area (Å²) in [7, 11) is -1.54. The van der Waals surface area contributed by atoms with Crippen molar-refractivity contribution in [1.82, 2.24) is 10.2 Å². The molecule has 2 amide bonds. The van der Waals surface area contributed by atoms with Gasteiger partial charge in [0.1, 0.15) is 11.2 Å². The topological polar surface area (TPSA) is 96.7 Å². The molecule has 0 aromatic carbocycles.